The normalized spacial score (nSPS) is 16.6. The Morgan fingerprint density at radius 2 is 2.12 bits per heavy atom. The number of hydrogen-bond acceptors (Lipinski definition) is 2. The second-order valence-corrected chi connectivity index (χ2v) is 4.69. The minimum atomic E-state index is 0.357. The number of halogens is 1. The van der Waals surface area contributed by atoms with Gasteiger partial charge in [0.25, 0.3) is 0 Å². The largest absolute Gasteiger partial charge is 0.489 e. The monoisotopic (exact) mass is 239 g/mol. The molecule has 0 aromatic heterocycles. The van der Waals surface area contributed by atoms with E-state index >= 15 is 0 Å². The molecule has 1 aliphatic carbocycles. The van der Waals surface area contributed by atoms with Crippen LogP contribution < -0.4 is 10.1 Å². The number of rotatable bonds is 4. The zero-order valence-electron chi connectivity index (χ0n) is 9.63. The molecule has 2 rings (SSSR count). The van der Waals surface area contributed by atoms with Crippen LogP contribution in [0.15, 0.2) is 18.2 Å². The van der Waals surface area contributed by atoms with Crippen LogP contribution in [0.3, 0.4) is 0 Å². The average Bonchev–Trinajstić information content (AvgIpc) is 2.76. The molecule has 1 N–H and O–H groups in total. The lowest BCUT2D eigenvalue weighted by Crippen LogP contribution is -2.14. The van der Waals surface area contributed by atoms with E-state index in [0.29, 0.717) is 6.10 Å². The SMILES string of the molecule is CNCc1cccc(Cl)c1OC1CCCC1. The van der Waals surface area contributed by atoms with Gasteiger partial charge in [0.1, 0.15) is 5.75 Å². The van der Waals surface area contributed by atoms with Crippen molar-refractivity contribution in [3.05, 3.63) is 28.8 Å². The third kappa shape index (κ3) is 2.69. The Balaban J connectivity index is 2.16. The first-order chi connectivity index (χ1) is 7.81. The highest BCUT2D eigenvalue weighted by Gasteiger charge is 2.19. The Morgan fingerprint density at radius 3 is 2.81 bits per heavy atom. The predicted molar refractivity (Wildman–Crippen MR) is 67.1 cm³/mol. The maximum Gasteiger partial charge on any atom is 0.142 e. The Hall–Kier alpha value is -0.730. The van der Waals surface area contributed by atoms with Gasteiger partial charge < -0.3 is 10.1 Å². The van der Waals surface area contributed by atoms with E-state index in [4.69, 9.17) is 16.3 Å². The summed E-state index contributed by atoms with van der Waals surface area (Å²) < 4.78 is 6.02. The summed E-state index contributed by atoms with van der Waals surface area (Å²) in [6.07, 6.45) is 5.22. The molecule has 16 heavy (non-hydrogen) atoms. The molecule has 0 heterocycles. The van der Waals surface area contributed by atoms with E-state index in [0.717, 1.165) is 35.7 Å². The van der Waals surface area contributed by atoms with Gasteiger partial charge >= 0.3 is 0 Å². The van der Waals surface area contributed by atoms with Crippen LogP contribution in [-0.4, -0.2) is 13.2 Å². The Bertz CT molecular complexity index is 348. The average molecular weight is 240 g/mol. The maximum absolute atomic E-state index is 6.19. The minimum absolute atomic E-state index is 0.357. The van der Waals surface area contributed by atoms with Gasteiger partial charge in [0, 0.05) is 12.1 Å². The van der Waals surface area contributed by atoms with Crippen LogP contribution in [0.2, 0.25) is 5.02 Å². The first-order valence-corrected chi connectivity index (χ1v) is 6.27. The third-order valence-electron chi connectivity index (χ3n) is 3.00. The molecule has 0 amide bonds. The highest BCUT2D eigenvalue weighted by Crippen LogP contribution is 2.32. The molecular formula is C13H18ClNO. The summed E-state index contributed by atoms with van der Waals surface area (Å²) in [5.74, 6) is 0.866. The van der Waals surface area contributed by atoms with Crippen molar-refractivity contribution in [3.63, 3.8) is 0 Å². The molecule has 1 aliphatic rings. The van der Waals surface area contributed by atoms with Gasteiger partial charge in [0.05, 0.1) is 11.1 Å². The first kappa shape index (κ1) is 11.7. The van der Waals surface area contributed by atoms with Crippen LogP contribution in [0.1, 0.15) is 31.2 Å². The van der Waals surface area contributed by atoms with E-state index in [1.807, 2.05) is 19.2 Å². The zero-order valence-corrected chi connectivity index (χ0v) is 10.4. The number of hydrogen-bond donors (Lipinski definition) is 1. The molecule has 0 saturated heterocycles. The van der Waals surface area contributed by atoms with Gasteiger partial charge in [-0.25, -0.2) is 0 Å². The molecule has 2 nitrogen and oxygen atoms in total. The van der Waals surface area contributed by atoms with Gasteiger partial charge in [-0.3, -0.25) is 0 Å². The quantitative estimate of drug-likeness (QED) is 0.870. The van der Waals surface area contributed by atoms with Crippen molar-refractivity contribution < 1.29 is 4.74 Å². The van der Waals surface area contributed by atoms with Gasteiger partial charge in [0.2, 0.25) is 0 Å². The third-order valence-corrected chi connectivity index (χ3v) is 3.30. The van der Waals surface area contributed by atoms with Crippen LogP contribution in [0.5, 0.6) is 5.75 Å². The summed E-state index contributed by atoms with van der Waals surface area (Å²) in [5, 5.41) is 3.86. The van der Waals surface area contributed by atoms with Crippen molar-refractivity contribution in [2.24, 2.45) is 0 Å². The van der Waals surface area contributed by atoms with Crippen LogP contribution >= 0.6 is 11.6 Å². The fraction of sp³-hybridized carbons (Fsp3) is 0.538. The second-order valence-electron chi connectivity index (χ2n) is 4.28. The molecular weight excluding hydrogens is 222 g/mol. The highest BCUT2D eigenvalue weighted by atomic mass is 35.5. The Morgan fingerprint density at radius 1 is 1.38 bits per heavy atom. The van der Waals surface area contributed by atoms with Crippen molar-refractivity contribution in [1.82, 2.24) is 5.32 Å². The van der Waals surface area contributed by atoms with Gasteiger partial charge in [0.15, 0.2) is 0 Å². The number of nitrogens with one attached hydrogen (secondary N) is 1. The van der Waals surface area contributed by atoms with Crippen molar-refractivity contribution in [2.45, 2.75) is 38.3 Å². The summed E-state index contributed by atoms with van der Waals surface area (Å²) >= 11 is 6.19. The molecule has 0 spiro atoms. The molecule has 0 bridgehead atoms. The summed E-state index contributed by atoms with van der Waals surface area (Å²) in [6.45, 7) is 0.794. The van der Waals surface area contributed by atoms with E-state index < -0.39 is 0 Å². The second kappa shape index (κ2) is 5.55. The van der Waals surface area contributed by atoms with Crippen molar-refractivity contribution in [3.8, 4) is 5.75 Å². The summed E-state index contributed by atoms with van der Waals surface area (Å²) in [4.78, 5) is 0. The predicted octanol–water partition coefficient (Wildman–Crippen LogP) is 3.38. The molecule has 0 atom stereocenters. The summed E-state index contributed by atoms with van der Waals surface area (Å²) in [5.41, 5.74) is 1.14. The minimum Gasteiger partial charge on any atom is -0.489 e. The standard InChI is InChI=1S/C13H18ClNO/c1-15-9-10-5-4-8-12(14)13(10)16-11-6-2-3-7-11/h4-5,8,11,15H,2-3,6-7,9H2,1H3. The molecule has 1 aromatic carbocycles. The maximum atomic E-state index is 6.19. The molecule has 1 fully saturated rings. The molecule has 0 unspecified atom stereocenters. The molecule has 88 valence electrons. The van der Waals surface area contributed by atoms with E-state index in [1.165, 1.54) is 12.8 Å². The van der Waals surface area contributed by atoms with E-state index in [1.54, 1.807) is 0 Å². The van der Waals surface area contributed by atoms with Crippen LogP contribution in [0.25, 0.3) is 0 Å². The highest BCUT2D eigenvalue weighted by molar-refractivity contribution is 6.32. The van der Waals surface area contributed by atoms with Gasteiger partial charge in [-0.05, 0) is 38.8 Å². The fourth-order valence-electron chi connectivity index (χ4n) is 2.19. The molecule has 1 saturated carbocycles. The van der Waals surface area contributed by atoms with Crippen LogP contribution in [0.4, 0.5) is 0 Å². The van der Waals surface area contributed by atoms with Crippen LogP contribution in [-0.2, 0) is 6.54 Å². The lowest BCUT2D eigenvalue weighted by atomic mass is 10.2. The lowest BCUT2D eigenvalue weighted by Gasteiger charge is -2.17. The number of benzene rings is 1. The van der Waals surface area contributed by atoms with Gasteiger partial charge in [-0.1, -0.05) is 23.7 Å². The van der Waals surface area contributed by atoms with Gasteiger partial charge in [-0.2, -0.15) is 0 Å². The number of ether oxygens (including phenoxy) is 1. The smallest absolute Gasteiger partial charge is 0.142 e. The molecule has 3 heteroatoms. The van der Waals surface area contributed by atoms with Gasteiger partial charge in [-0.15, -0.1) is 0 Å². The van der Waals surface area contributed by atoms with E-state index in [2.05, 4.69) is 11.4 Å². The summed E-state index contributed by atoms with van der Waals surface area (Å²) in [7, 11) is 1.93. The van der Waals surface area contributed by atoms with Crippen molar-refractivity contribution in [2.75, 3.05) is 7.05 Å². The first-order valence-electron chi connectivity index (χ1n) is 5.90. The van der Waals surface area contributed by atoms with Crippen molar-refractivity contribution in [1.29, 1.82) is 0 Å². The Labute approximate surface area is 102 Å². The van der Waals surface area contributed by atoms with E-state index in [-0.39, 0.29) is 0 Å². The topological polar surface area (TPSA) is 21.3 Å². The summed E-state index contributed by atoms with van der Waals surface area (Å²) in [6, 6.07) is 5.92. The van der Waals surface area contributed by atoms with Crippen molar-refractivity contribution >= 4 is 11.6 Å². The van der Waals surface area contributed by atoms with E-state index in [9.17, 15) is 0 Å². The molecule has 0 radical (unpaired) electrons. The molecule has 1 aromatic rings. The van der Waals surface area contributed by atoms with Crippen LogP contribution in [0, 0.1) is 0 Å². The number of para-hydroxylation sites is 1. The zero-order chi connectivity index (χ0) is 11.4. The molecule has 0 aliphatic heterocycles. The lowest BCUT2D eigenvalue weighted by molar-refractivity contribution is 0.208. The Kier molecular flexibility index (Phi) is 4.08. The fourth-order valence-corrected chi connectivity index (χ4v) is 2.43.